The van der Waals surface area contributed by atoms with Gasteiger partial charge in [0.15, 0.2) is 11.5 Å². The van der Waals surface area contributed by atoms with Gasteiger partial charge in [0.05, 0.1) is 28.4 Å². The van der Waals surface area contributed by atoms with Crippen molar-refractivity contribution in [1.82, 2.24) is 10.7 Å². The molecule has 2 aromatic carbocycles. The highest BCUT2D eigenvalue weighted by atomic mass is 35.5. The van der Waals surface area contributed by atoms with Gasteiger partial charge in [-0.2, -0.15) is 5.10 Å². The zero-order valence-corrected chi connectivity index (χ0v) is 18.3. The predicted octanol–water partition coefficient (Wildman–Crippen LogP) is 4.00. The zero-order chi connectivity index (χ0) is 22.3. The van der Waals surface area contributed by atoms with Crippen LogP contribution in [0.2, 0.25) is 10.0 Å². The molecule has 0 saturated carbocycles. The van der Waals surface area contributed by atoms with E-state index < -0.39 is 17.9 Å². The first-order valence-electron chi connectivity index (χ1n) is 9.28. The number of nitrogens with zero attached hydrogens (tertiary/aromatic N) is 1. The largest absolute Gasteiger partial charge is 0.503 e. The molecular weight excluding hydrogens is 429 g/mol. The molecule has 1 unspecified atom stereocenters. The van der Waals surface area contributed by atoms with Crippen LogP contribution in [0.5, 0.6) is 11.5 Å². The minimum atomic E-state index is -0.826. The number of benzene rings is 2. The summed E-state index contributed by atoms with van der Waals surface area (Å²) in [4.78, 5) is 25.0. The van der Waals surface area contributed by atoms with Crippen molar-refractivity contribution in [3.63, 3.8) is 0 Å². The van der Waals surface area contributed by atoms with Gasteiger partial charge in [0.2, 0.25) is 0 Å². The zero-order valence-electron chi connectivity index (χ0n) is 16.8. The molecule has 160 valence electrons. The van der Waals surface area contributed by atoms with Crippen LogP contribution in [0.25, 0.3) is 0 Å². The smallest absolute Gasteiger partial charge is 0.262 e. The summed E-state index contributed by atoms with van der Waals surface area (Å²) in [6.07, 6.45) is 1.36. The van der Waals surface area contributed by atoms with Gasteiger partial charge < -0.3 is 15.2 Å². The molecule has 1 atom stereocenters. The number of aromatic hydroxyl groups is 1. The summed E-state index contributed by atoms with van der Waals surface area (Å²) in [5, 5.41) is 16.9. The maximum absolute atomic E-state index is 12.6. The van der Waals surface area contributed by atoms with Crippen molar-refractivity contribution in [2.75, 3.05) is 6.61 Å². The summed E-state index contributed by atoms with van der Waals surface area (Å²) < 4.78 is 5.31. The maximum atomic E-state index is 12.6. The fourth-order valence-corrected chi connectivity index (χ4v) is 3.01. The van der Waals surface area contributed by atoms with E-state index in [2.05, 4.69) is 15.8 Å². The van der Waals surface area contributed by atoms with E-state index in [1.807, 2.05) is 0 Å². The standard InChI is InChI=1S/C21H23Cl2N3O4/c1-4-30-17-10-13(9-16(23)19(17)27)11-24-26-21(29)18(12(2)3)25-20(28)14-7-5-6-8-15(14)22/h5-12,18,27H,4H2,1-3H3,(H,25,28)(H,26,29)/b24-11+. The Kier molecular flexibility index (Phi) is 8.50. The first kappa shape index (κ1) is 23.5. The molecule has 0 aliphatic rings. The van der Waals surface area contributed by atoms with Crippen molar-refractivity contribution in [1.29, 1.82) is 0 Å². The van der Waals surface area contributed by atoms with Crippen molar-refractivity contribution >= 4 is 41.2 Å². The maximum Gasteiger partial charge on any atom is 0.262 e. The van der Waals surface area contributed by atoms with E-state index in [0.717, 1.165) is 0 Å². The van der Waals surface area contributed by atoms with Gasteiger partial charge in [0.25, 0.3) is 11.8 Å². The normalized spacial score (nSPS) is 12.1. The van der Waals surface area contributed by atoms with Gasteiger partial charge in [-0.05, 0) is 42.7 Å². The Morgan fingerprint density at radius 2 is 1.90 bits per heavy atom. The van der Waals surface area contributed by atoms with E-state index in [9.17, 15) is 14.7 Å². The number of phenolic OH excluding ortho intramolecular Hbond substituents is 1. The SMILES string of the molecule is CCOc1cc(/C=N/NC(=O)C(NC(=O)c2ccccc2Cl)C(C)C)cc(Cl)c1O. The Hall–Kier alpha value is -2.77. The second kappa shape index (κ2) is 10.8. The topological polar surface area (TPSA) is 100 Å². The predicted molar refractivity (Wildman–Crippen MR) is 118 cm³/mol. The number of hydrogen-bond donors (Lipinski definition) is 3. The summed E-state index contributed by atoms with van der Waals surface area (Å²) >= 11 is 12.0. The van der Waals surface area contributed by atoms with E-state index in [0.29, 0.717) is 17.2 Å². The number of nitrogens with one attached hydrogen (secondary N) is 2. The number of amides is 2. The molecule has 0 aliphatic heterocycles. The summed E-state index contributed by atoms with van der Waals surface area (Å²) in [5.41, 5.74) is 3.20. The average Bonchev–Trinajstić information content (AvgIpc) is 2.69. The summed E-state index contributed by atoms with van der Waals surface area (Å²) in [6, 6.07) is 8.78. The van der Waals surface area contributed by atoms with Crippen LogP contribution >= 0.6 is 23.2 Å². The third-order valence-electron chi connectivity index (χ3n) is 4.09. The van der Waals surface area contributed by atoms with Crippen LogP contribution in [0.3, 0.4) is 0 Å². The van der Waals surface area contributed by atoms with Crippen LogP contribution in [0, 0.1) is 5.92 Å². The van der Waals surface area contributed by atoms with Crippen molar-refractivity contribution in [3.05, 3.63) is 57.6 Å². The number of halogens is 2. The highest BCUT2D eigenvalue weighted by Gasteiger charge is 2.25. The lowest BCUT2D eigenvalue weighted by Gasteiger charge is -2.20. The molecule has 0 saturated heterocycles. The van der Waals surface area contributed by atoms with Crippen LogP contribution in [0.4, 0.5) is 0 Å². The number of hydrogen-bond acceptors (Lipinski definition) is 5. The molecular formula is C21H23Cl2N3O4. The lowest BCUT2D eigenvalue weighted by Crippen LogP contribution is -2.48. The highest BCUT2D eigenvalue weighted by Crippen LogP contribution is 2.34. The number of carbonyl (C=O) groups excluding carboxylic acids is 2. The highest BCUT2D eigenvalue weighted by molar-refractivity contribution is 6.34. The van der Waals surface area contributed by atoms with E-state index in [4.69, 9.17) is 27.9 Å². The van der Waals surface area contributed by atoms with Crippen LogP contribution in [-0.2, 0) is 4.79 Å². The molecule has 2 amide bonds. The Balaban J connectivity index is 2.09. The van der Waals surface area contributed by atoms with Crippen LogP contribution in [-0.4, -0.2) is 35.8 Å². The number of phenols is 1. The third-order valence-corrected chi connectivity index (χ3v) is 4.71. The summed E-state index contributed by atoms with van der Waals surface area (Å²) in [5.74, 6) is -1.09. The van der Waals surface area contributed by atoms with Crippen molar-refractivity contribution in [3.8, 4) is 11.5 Å². The fourth-order valence-electron chi connectivity index (χ4n) is 2.57. The minimum Gasteiger partial charge on any atom is -0.503 e. The molecule has 0 heterocycles. The molecule has 0 radical (unpaired) electrons. The molecule has 3 N–H and O–H groups in total. The van der Waals surface area contributed by atoms with Gasteiger partial charge in [-0.1, -0.05) is 49.2 Å². The first-order chi connectivity index (χ1) is 14.2. The van der Waals surface area contributed by atoms with Gasteiger partial charge in [0.1, 0.15) is 6.04 Å². The molecule has 0 aromatic heterocycles. The van der Waals surface area contributed by atoms with E-state index >= 15 is 0 Å². The van der Waals surface area contributed by atoms with E-state index in [1.165, 1.54) is 12.3 Å². The Bertz CT molecular complexity index is 948. The molecule has 7 nitrogen and oxygen atoms in total. The van der Waals surface area contributed by atoms with E-state index in [1.54, 1.807) is 51.1 Å². The van der Waals surface area contributed by atoms with Gasteiger partial charge in [-0.15, -0.1) is 0 Å². The van der Waals surface area contributed by atoms with Gasteiger partial charge in [-0.3, -0.25) is 9.59 Å². The van der Waals surface area contributed by atoms with Crippen LogP contribution in [0.15, 0.2) is 41.5 Å². The Labute approximate surface area is 185 Å². The number of hydrazone groups is 1. The Morgan fingerprint density at radius 1 is 1.20 bits per heavy atom. The molecule has 0 fully saturated rings. The lowest BCUT2D eigenvalue weighted by atomic mass is 10.0. The number of carbonyl (C=O) groups is 2. The van der Waals surface area contributed by atoms with Gasteiger partial charge in [-0.25, -0.2) is 5.43 Å². The molecule has 2 rings (SSSR count). The van der Waals surface area contributed by atoms with Crippen LogP contribution in [0.1, 0.15) is 36.7 Å². The fraction of sp³-hybridized carbons (Fsp3) is 0.286. The minimum absolute atomic E-state index is 0.0980. The summed E-state index contributed by atoms with van der Waals surface area (Å²) in [6.45, 7) is 5.73. The number of rotatable bonds is 8. The van der Waals surface area contributed by atoms with Crippen LogP contribution < -0.4 is 15.5 Å². The summed E-state index contributed by atoms with van der Waals surface area (Å²) in [7, 11) is 0. The molecule has 2 aromatic rings. The number of ether oxygens (including phenoxy) is 1. The molecule has 0 aliphatic carbocycles. The van der Waals surface area contributed by atoms with Gasteiger partial charge in [0, 0.05) is 0 Å². The monoisotopic (exact) mass is 451 g/mol. The van der Waals surface area contributed by atoms with Crippen molar-refractivity contribution < 1.29 is 19.4 Å². The molecule has 30 heavy (non-hydrogen) atoms. The van der Waals surface area contributed by atoms with Crippen molar-refractivity contribution in [2.24, 2.45) is 11.0 Å². The first-order valence-corrected chi connectivity index (χ1v) is 10.0. The van der Waals surface area contributed by atoms with Crippen molar-refractivity contribution in [2.45, 2.75) is 26.8 Å². The quantitative estimate of drug-likeness (QED) is 0.416. The molecule has 0 spiro atoms. The lowest BCUT2D eigenvalue weighted by molar-refractivity contribution is -0.123. The third kappa shape index (κ3) is 6.11. The average molecular weight is 452 g/mol. The van der Waals surface area contributed by atoms with E-state index in [-0.39, 0.29) is 28.0 Å². The Morgan fingerprint density at radius 3 is 2.53 bits per heavy atom. The molecule has 9 heteroatoms. The molecule has 0 bridgehead atoms. The second-order valence-electron chi connectivity index (χ2n) is 6.69. The second-order valence-corrected chi connectivity index (χ2v) is 7.51. The van der Waals surface area contributed by atoms with Gasteiger partial charge >= 0.3 is 0 Å².